The number of carbonyl (C=O) groups is 1. The molecule has 1 fully saturated rings. The second kappa shape index (κ2) is 15.9. The third-order valence-corrected chi connectivity index (χ3v) is 6.11. The van der Waals surface area contributed by atoms with Crippen molar-refractivity contribution >= 4 is 23.8 Å². The zero-order valence-corrected chi connectivity index (χ0v) is 21.6. The van der Waals surface area contributed by atoms with Crippen molar-refractivity contribution in [2.24, 2.45) is 0 Å². The van der Waals surface area contributed by atoms with Gasteiger partial charge in [0.15, 0.2) is 0 Å². The van der Waals surface area contributed by atoms with E-state index in [2.05, 4.69) is 50.1 Å². The molecular formula is C26H41N7O3. The summed E-state index contributed by atoms with van der Waals surface area (Å²) in [6.07, 6.45) is 6.81. The van der Waals surface area contributed by atoms with Gasteiger partial charge in [0.25, 0.3) is 5.91 Å². The van der Waals surface area contributed by atoms with E-state index >= 15 is 0 Å². The van der Waals surface area contributed by atoms with Gasteiger partial charge in [-0.25, -0.2) is 0 Å². The first kappa shape index (κ1) is 27.6. The van der Waals surface area contributed by atoms with Gasteiger partial charge in [-0.2, -0.15) is 15.0 Å². The summed E-state index contributed by atoms with van der Waals surface area (Å²) in [6, 6.07) is 9.89. The van der Waals surface area contributed by atoms with Gasteiger partial charge in [0.05, 0.1) is 26.4 Å². The highest BCUT2D eigenvalue weighted by Gasteiger charge is 2.17. The Morgan fingerprint density at radius 3 is 2.22 bits per heavy atom. The van der Waals surface area contributed by atoms with Crippen LogP contribution >= 0.6 is 0 Å². The number of rotatable bonds is 17. The number of nitrogens with one attached hydrogen (secondary N) is 4. The highest BCUT2D eigenvalue weighted by molar-refractivity contribution is 5.94. The lowest BCUT2D eigenvalue weighted by Gasteiger charge is -2.17. The van der Waals surface area contributed by atoms with E-state index in [-0.39, 0.29) is 5.91 Å². The maximum Gasteiger partial charge on any atom is 0.251 e. The Balaban J connectivity index is 1.32. The van der Waals surface area contributed by atoms with Crippen LogP contribution in [-0.2, 0) is 9.47 Å². The number of anilines is 3. The molecule has 0 atom stereocenters. The third kappa shape index (κ3) is 9.94. The quantitative estimate of drug-likeness (QED) is 0.241. The Hall–Kier alpha value is -2.98. The van der Waals surface area contributed by atoms with E-state index in [1.165, 1.54) is 12.8 Å². The molecule has 0 bridgehead atoms. The number of nitrogens with zero attached hydrogens (tertiary/aromatic N) is 3. The summed E-state index contributed by atoms with van der Waals surface area (Å²) in [4.78, 5) is 25.7. The largest absolute Gasteiger partial charge is 0.377 e. The topological polar surface area (TPSA) is 122 Å². The van der Waals surface area contributed by atoms with Crippen LogP contribution in [0.5, 0.6) is 0 Å². The van der Waals surface area contributed by atoms with Gasteiger partial charge in [0.1, 0.15) is 0 Å². The zero-order chi connectivity index (χ0) is 25.4. The summed E-state index contributed by atoms with van der Waals surface area (Å²) in [5.41, 5.74) is 0.645. The molecule has 2 aromatic rings. The van der Waals surface area contributed by atoms with Crippen LogP contribution in [0.4, 0.5) is 17.8 Å². The van der Waals surface area contributed by atoms with Crippen LogP contribution < -0.4 is 21.3 Å². The second-order valence-electron chi connectivity index (χ2n) is 8.86. The van der Waals surface area contributed by atoms with E-state index < -0.39 is 0 Å². The number of hydrogen-bond donors (Lipinski definition) is 4. The lowest BCUT2D eigenvalue weighted by atomic mass is 10.2. The predicted octanol–water partition coefficient (Wildman–Crippen LogP) is 3.70. The molecule has 1 aliphatic carbocycles. The number of ether oxygens (including phenoxy) is 2. The fourth-order valence-corrected chi connectivity index (χ4v) is 4.00. The Kier molecular flexibility index (Phi) is 12.2. The minimum atomic E-state index is -0.0975. The molecular weight excluding hydrogens is 458 g/mol. The standard InChI is InChI=1S/C26H41N7O3/c1-3-21(4-2)29-25-31-24(32-26(33-25)30-22-12-8-9-13-22)28-15-17-36-19-18-35-16-14-27-23(34)20-10-6-5-7-11-20/h5-7,10-11,21-22H,3-4,8-9,12-19H2,1-2H3,(H,27,34)(H3,28,29,30,31,32,33). The molecule has 0 unspecified atom stereocenters. The highest BCUT2D eigenvalue weighted by atomic mass is 16.5. The molecule has 10 nitrogen and oxygen atoms in total. The first-order valence-electron chi connectivity index (χ1n) is 13.2. The smallest absolute Gasteiger partial charge is 0.251 e. The van der Waals surface area contributed by atoms with Gasteiger partial charge in [-0.05, 0) is 37.8 Å². The average Bonchev–Trinajstić information content (AvgIpc) is 3.41. The summed E-state index contributed by atoms with van der Waals surface area (Å²) in [5, 5.41) is 13.0. The maximum absolute atomic E-state index is 12.0. The van der Waals surface area contributed by atoms with E-state index in [0.29, 0.717) is 75.0 Å². The van der Waals surface area contributed by atoms with Crippen molar-refractivity contribution < 1.29 is 14.3 Å². The van der Waals surface area contributed by atoms with Gasteiger partial charge in [-0.1, -0.05) is 44.9 Å². The summed E-state index contributed by atoms with van der Waals surface area (Å²) in [7, 11) is 0. The molecule has 3 rings (SSSR count). The fraction of sp³-hybridized carbons (Fsp3) is 0.615. The van der Waals surface area contributed by atoms with Crippen LogP contribution in [0.15, 0.2) is 30.3 Å². The number of benzene rings is 1. The molecule has 0 saturated heterocycles. The van der Waals surface area contributed by atoms with Gasteiger partial charge >= 0.3 is 0 Å². The Labute approximate surface area is 214 Å². The molecule has 36 heavy (non-hydrogen) atoms. The summed E-state index contributed by atoms with van der Waals surface area (Å²) < 4.78 is 11.2. The van der Waals surface area contributed by atoms with E-state index in [1.54, 1.807) is 12.1 Å². The average molecular weight is 500 g/mol. The van der Waals surface area contributed by atoms with Crippen molar-refractivity contribution in [2.75, 3.05) is 55.5 Å². The normalized spacial score (nSPS) is 13.6. The lowest BCUT2D eigenvalue weighted by Crippen LogP contribution is -2.27. The molecule has 0 spiro atoms. The van der Waals surface area contributed by atoms with Gasteiger partial charge < -0.3 is 30.7 Å². The minimum Gasteiger partial charge on any atom is -0.377 e. The molecule has 4 N–H and O–H groups in total. The van der Waals surface area contributed by atoms with Gasteiger partial charge in [-0.3, -0.25) is 4.79 Å². The molecule has 0 aliphatic heterocycles. The molecule has 1 heterocycles. The Morgan fingerprint density at radius 2 is 1.53 bits per heavy atom. The van der Waals surface area contributed by atoms with Crippen molar-refractivity contribution in [2.45, 2.75) is 64.5 Å². The molecule has 1 saturated carbocycles. The summed E-state index contributed by atoms with van der Waals surface area (Å²) >= 11 is 0. The van der Waals surface area contributed by atoms with Crippen LogP contribution in [0.25, 0.3) is 0 Å². The van der Waals surface area contributed by atoms with Crippen molar-refractivity contribution in [3.05, 3.63) is 35.9 Å². The maximum atomic E-state index is 12.0. The van der Waals surface area contributed by atoms with E-state index in [4.69, 9.17) is 9.47 Å². The number of amides is 1. The van der Waals surface area contributed by atoms with E-state index in [9.17, 15) is 4.79 Å². The third-order valence-electron chi connectivity index (χ3n) is 6.11. The SMILES string of the molecule is CCC(CC)Nc1nc(NCCOCCOCCNC(=O)c2ccccc2)nc(NC2CCCC2)n1. The molecule has 198 valence electrons. The molecule has 1 amide bonds. The molecule has 0 radical (unpaired) electrons. The van der Waals surface area contributed by atoms with Gasteiger partial charge in [0.2, 0.25) is 17.8 Å². The van der Waals surface area contributed by atoms with E-state index in [0.717, 1.165) is 25.7 Å². The van der Waals surface area contributed by atoms with Crippen molar-refractivity contribution in [3.8, 4) is 0 Å². The Morgan fingerprint density at radius 1 is 0.889 bits per heavy atom. The monoisotopic (exact) mass is 499 g/mol. The second-order valence-corrected chi connectivity index (χ2v) is 8.86. The highest BCUT2D eigenvalue weighted by Crippen LogP contribution is 2.22. The van der Waals surface area contributed by atoms with Crippen molar-refractivity contribution in [1.82, 2.24) is 20.3 Å². The zero-order valence-electron chi connectivity index (χ0n) is 21.6. The lowest BCUT2D eigenvalue weighted by molar-refractivity contribution is 0.0519. The van der Waals surface area contributed by atoms with Crippen LogP contribution in [0.2, 0.25) is 0 Å². The minimum absolute atomic E-state index is 0.0975. The summed E-state index contributed by atoms with van der Waals surface area (Å²) in [6.45, 7) is 7.22. The van der Waals surface area contributed by atoms with Crippen LogP contribution in [0, 0.1) is 0 Å². The first-order valence-corrected chi connectivity index (χ1v) is 13.2. The van der Waals surface area contributed by atoms with Gasteiger partial charge in [-0.15, -0.1) is 0 Å². The summed E-state index contributed by atoms with van der Waals surface area (Å²) in [5.74, 6) is 1.64. The number of carbonyl (C=O) groups excluding carboxylic acids is 1. The Bertz CT molecular complexity index is 868. The van der Waals surface area contributed by atoms with Crippen LogP contribution in [0.3, 0.4) is 0 Å². The molecule has 1 aromatic carbocycles. The fourth-order valence-electron chi connectivity index (χ4n) is 4.00. The number of aromatic nitrogens is 3. The number of hydrogen-bond acceptors (Lipinski definition) is 9. The molecule has 1 aliphatic rings. The first-order chi connectivity index (χ1) is 17.7. The van der Waals surface area contributed by atoms with Crippen LogP contribution in [0.1, 0.15) is 62.7 Å². The predicted molar refractivity (Wildman–Crippen MR) is 143 cm³/mol. The molecule has 10 heteroatoms. The molecule has 1 aromatic heterocycles. The van der Waals surface area contributed by atoms with Gasteiger partial charge in [0, 0.05) is 30.7 Å². The van der Waals surface area contributed by atoms with Crippen LogP contribution in [-0.4, -0.2) is 72.5 Å². The van der Waals surface area contributed by atoms with Crippen molar-refractivity contribution in [1.29, 1.82) is 0 Å². The van der Waals surface area contributed by atoms with E-state index in [1.807, 2.05) is 18.2 Å². The van der Waals surface area contributed by atoms with Crippen molar-refractivity contribution in [3.63, 3.8) is 0 Å².